The van der Waals surface area contributed by atoms with Crippen molar-refractivity contribution in [2.45, 2.75) is 0 Å². The van der Waals surface area contributed by atoms with Gasteiger partial charge in [0.05, 0.1) is 0 Å². The van der Waals surface area contributed by atoms with E-state index in [1.165, 1.54) is 0 Å². The second-order valence-electron chi connectivity index (χ2n) is 0.0962. The molecule has 0 aliphatic heterocycles. The van der Waals surface area contributed by atoms with Crippen LogP contribution in [-0.4, -0.2) is 34.8 Å². The molecule has 4 nitrogen and oxygen atoms in total. The molecule has 0 radical (unpaired) electrons. The van der Waals surface area contributed by atoms with Gasteiger partial charge in [-0.15, -0.1) is 0 Å². The summed E-state index contributed by atoms with van der Waals surface area (Å²) in [5, 5.41) is 8.25. The van der Waals surface area contributed by atoms with Crippen LogP contribution in [0.1, 0.15) is 0 Å². The van der Waals surface area contributed by atoms with Gasteiger partial charge in [0.1, 0.15) is 0 Å². The number of rotatable bonds is 0. The largest absolute Gasteiger partial charge is 3.00 e. The van der Waals surface area contributed by atoms with Gasteiger partial charge in [-0.05, 0) is 0 Å². The normalized spacial score (nSPS) is 2.00. The van der Waals surface area contributed by atoms with E-state index in [0.717, 1.165) is 0 Å². The molecule has 2 N–H and O–H groups in total. The van der Waals surface area contributed by atoms with E-state index >= 15 is 0 Å². The zero-order valence-electron chi connectivity index (χ0n) is 2.87. The Morgan fingerprint density at radius 3 is 1.33 bits per heavy atom. The Labute approximate surface area is 45.5 Å². The molecule has 0 amide bonds. The molecule has 0 aromatic rings. The summed E-state index contributed by atoms with van der Waals surface area (Å²) in [6.07, 6.45) is 0. The molecule has 0 aromatic carbocycles. The second kappa shape index (κ2) is 89.0. The maximum absolute atomic E-state index is 8.25. The van der Waals surface area contributed by atoms with Crippen molar-refractivity contribution >= 4 is 23.8 Å². The molecule has 0 aliphatic carbocycles. The maximum atomic E-state index is 8.25. The van der Waals surface area contributed by atoms with Crippen LogP contribution < -0.4 is 5.11 Å². The first kappa shape index (κ1) is 38.8. The van der Waals surface area contributed by atoms with E-state index in [-0.39, 0.29) is 28.3 Å². The average molecular weight is 106 g/mol. The summed E-state index contributed by atoms with van der Waals surface area (Å²) in [6, 6.07) is 0. The van der Waals surface area contributed by atoms with Crippen molar-refractivity contribution in [3.63, 3.8) is 0 Å². The summed E-state index contributed by atoms with van der Waals surface area (Å²) in [6.45, 7) is -0.500. The Balaban J connectivity index is -0.00000000667. The van der Waals surface area contributed by atoms with Crippen molar-refractivity contribution in [1.29, 1.82) is 0 Å². The first-order valence-electron chi connectivity index (χ1n) is 0.471. The number of hydrogen-bond acceptors (Lipinski definition) is 4. The van der Waals surface area contributed by atoms with Crippen molar-refractivity contribution < 1.29 is 20.9 Å². The van der Waals surface area contributed by atoms with Crippen LogP contribution in [-0.2, 0) is 4.79 Å². The Morgan fingerprint density at radius 2 is 1.33 bits per heavy atom. The van der Waals surface area contributed by atoms with Gasteiger partial charge in [0.25, 0.3) is 0 Å². The fourth-order valence-electron chi connectivity index (χ4n) is 0. The van der Waals surface area contributed by atoms with Crippen molar-refractivity contribution in [3.8, 4) is 0 Å². The fraction of sp³-hybridized carbons (Fsp3) is 0. The molecular formula is CH3AlO4. The molecule has 0 unspecified atom stereocenters. The van der Waals surface area contributed by atoms with Gasteiger partial charge < -0.3 is 20.9 Å². The molecule has 0 fully saturated rings. The minimum Gasteiger partial charge on any atom is -0.870 e. The Morgan fingerprint density at radius 1 is 1.33 bits per heavy atom. The summed E-state index contributed by atoms with van der Waals surface area (Å²) >= 11 is 0. The molecule has 0 saturated carbocycles. The van der Waals surface area contributed by atoms with E-state index in [1.807, 2.05) is 0 Å². The molecule has 34 valence electrons. The molecule has 0 aliphatic rings. The zero-order chi connectivity index (χ0) is 2.71. The molecule has 0 rings (SSSR count). The third-order valence-corrected chi connectivity index (χ3v) is 0. The molecule has 0 atom stereocenters. The topological polar surface area (TPSA) is 100 Å². The number of hydrogen-bond donors (Lipinski definition) is 0. The maximum Gasteiger partial charge on any atom is 3.00 e. The Kier molecular flexibility index (Phi) is 576. The van der Waals surface area contributed by atoms with Crippen LogP contribution in [0, 0.1) is 0 Å². The minimum absolute atomic E-state index is 0. The van der Waals surface area contributed by atoms with Crippen LogP contribution in [0.5, 0.6) is 0 Å². The molecule has 5 heteroatoms. The van der Waals surface area contributed by atoms with Gasteiger partial charge >= 0.3 is 17.4 Å². The molecule has 0 aromatic heterocycles. The molecule has 0 saturated heterocycles. The molecule has 0 spiro atoms. The van der Waals surface area contributed by atoms with Gasteiger partial charge in [-0.3, -0.25) is 0 Å². The van der Waals surface area contributed by atoms with Gasteiger partial charge in [0, 0.05) is 6.47 Å². The average Bonchev–Trinajstić information content (AvgIpc) is 0.918. The van der Waals surface area contributed by atoms with Gasteiger partial charge in [0.15, 0.2) is 0 Å². The predicted octanol–water partition coefficient (Wildman–Crippen LogP) is -2.37. The number of carboxylic acid groups (broad SMARTS) is 1. The molecular weight excluding hydrogens is 103 g/mol. The van der Waals surface area contributed by atoms with Crippen molar-refractivity contribution in [3.05, 3.63) is 0 Å². The van der Waals surface area contributed by atoms with Gasteiger partial charge in [-0.25, -0.2) is 0 Å². The molecule has 0 heterocycles. The van der Waals surface area contributed by atoms with Crippen LogP contribution in [0.15, 0.2) is 0 Å². The molecule has 0 bridgehead atoms. The van der Waals surface area contributed by atoms with Crippen LogP contribution in [0.25, 0.3) is 0 Å². The van der Waals surface area contributed by atoms with Crippen LogP contribution in [0.2, 0.25) is 0 Å². The Hall–Kier alpha value is -0.0775. The summed E-state index contributed by atoms with van der Waals surface area (Å²) in [7, 11) is 0. The first-order valence-corrected chi connectivity index (χ1v) is 0.471. The van der Waals surface area contributed by atoms with E-state index in [1.54, 1.807) is 0 Å². The van der Waals surface area contributed by atoms with Gasteiger partial charge in [-0.2, -0.15) is 0 Å². The Bertz CT molecular complexity index is 15.0. The van der Waals surface area contributed by atoms with Crippen molar-refractivity contribution in [2.24, 2.45) is 0 Å². The smallest absolute Gasteiger partial charge is 0.870 e. The summed E-state index contributed by atoms with van der Waals surface area (Å²) in [5.41, 5.74) is 0. The van der Waals surface area contributed by atoms with E-state index < -0.39 is 6.47 Å². The van der Waals surface area contributed by atoms with Crippen molar-refractivity contribution in [1.82, 2.24) is 0 Å². The third-order valence-electron chi connectivity index (χ3n) is 0. The monoisotopic (exact) mass is 106 g/mol. The second-order valence-corrected chi connectivity index (χ2v) is 0.0962. The van der Waals surface area contributed by atoms with E-state index in [4.69, 9.17) is 9.90 Å². The summed E-state index contributed by atoms with van der Waals surface area (Å²) < 4.78 is 0. The van der Waals surface area contributed by atoms with Crippen LogP contribution in [0.3, 0.4) is 0 Å². The third kappa shape index (κ3) is 5570. The standard InChI is InChI=1S/CH2O2.Al.2H2O/c2-1-3;;;/h1H,(H,2,3);;2*1H2/q;+3;;/p-3. The van der Waals surface area contributed by atoms with E-state index in [0.29, 0.717) is 0 Å². The fourth-order valence-corrected chi connectivity index (χ4v) is 0. The first-order chi connectivity index (χ1) is 1.41. The van der Waals surface area contributed by atoms with E-state index in [2.05, 4.69) is 0 Å². The van der Waals surface area contributed by atoms with Gasteiger partial charge in [-0.1, -0.05) is 0 Å². The predicted molar refractivity (Wildman–Crippen MR) is 15.7 cm³/mol. The van der Waals surface area contributed by atoms with Crippen molar-refractivity contribution in [2.75, 3.05) is 0 Å². The number of carbonyl (C=O) groups excluding carboxylic acids is 1. The summed E-state index contributed by atoms with van der Waals surface area (Å²) in [4.78, 5) is 8.25. The molecule has 6 heavy (non-hydrogen) atoms. The summed E-state index contributed by atoms with van der Waals surface area (Å²) in [5.74, 6) is 0. The van der Waals surface area contributed by atoms with E-state index in [9.17, 15) is 0 Å². The van der Waals surface area contributed by atoms with Crippen LogP contribution >= 0.6 is 0 Å². The SMILES string of the molecule is O=C[O-].[Al+3].[OH-].[OH-]. The minimum atomic E-state index is -0.500. The number of carbonyl (C=O) groups is 1. The quantitative estimate of drug-likeness (QED) is 0.254. The van der Waals surface area contributed by atoms with Gasteiger partial charge in [0.2, 0.25) is 0 Å². The zero-order valence-corrected chi connectivity index (χ0v) is 4.02. The van der Waals surface area contributed by atoms with Crippen LogP contribution in [0.4, 0.5) is 0 Å².